The molecule has 1 aromatic rings. The number of nitrogens with one attached hydrogen (secondary N) is 1. The third-order valence-corrected chi connectivity index (χ3v) is 4.63. The molecule has 1 fully saturated rings. The van der Waals surface area contributed by atoms with Crippen molar-refractivity contribution in [3.8, 4) is 0 Å². The zero-order valence-corrected chi connectivity index (χ0v) is 12.4. The fraction of sp³-hybridized carbons (Fsp3) is 0.714. The van der Waals surface area contributed by atoms with Gasteiger partial charge in [-0.25, -0.2) is 9.97 Å². The van der Waals surface area contributed by atoms with Crippen molar-refractivity contribution >= 4 is 11.8 Å². The highest BCUT2D eigenvalue weighted by atomic mass is 32.2. The first-order valence-electron chi connectivity index (χ1n) is 7.05. The number of fused-ring (bicyclic) bond motifs is 1. The predicted octanol–water partition coefficient (Wildman–Crippen LogP) is 2.05. The van der Waals surface area contributed by atoms with Crippen molar-refractivity contribution in [2.75, 3.05) is 24.7 Å². The Hall–Kier alpha value is -0.650. The molecule has 1 saturated heterocycles. The molecule has 2 aliphatic heterocycles. The van der Waals surface area contributed by atoms with E-state index in [2.05, 4.69) is 19.2 Å². The lowest BCUT2D eigenvalue weighted by Gasteiger charge is -2.26. The van der Waals surface area contributed by atoms with Crippen LogP contribution in [-0.4, -0.2) is 34.6 Å². The Kier molecular flexibility index (Phi) is 4.05. The molecule has 0 saturated carbocycles. The summed E-state index contributed by atoms with van der Waals surface area (Å²) >= 11 is 1.93. The first-order valence-corrected chi connectivity index (χ1v) is 8.21. The summed E-state index contributed by atoms with van der Waals surface area (Å²) in [5.74, 6) is 3.40. The van der Waals surface area contributed by atoms with Gasteiger partial charge in [0.15, 0.2) is 5.82 Å². The van der Waals surface area contributed by atoms with E-state index in [1.165, 1.54) is 17.0 Å². The Balaban J connectivity index is 1.98. The molecule has 0 aliphatic carbocycles. The third-order valence-electron chi connectivity index (χ3n) is 3.63. The van der Waals surface area contributed by atoms with Crippen LogP contribution in [0.5, 0.6) is 0 Å². The number of hydrogen-bond acceptors (Lipinski definition) is 5. The van der Waals surface area contributed by atoms with Crippen molar-refractivity contribution in [2.24, 2.45) is 0 Å². The Labute approximate surface area is 118 Å². The Morgan fingerprint density at radius 1 is 1.37 bits per heavy atom. The molecule has 0 aromatic carbocycles. The zero-order chi connectivity index (χ0) is 13.2. The van der Waals surface area contributed by atoms with E-state index in [1.807, 2.05) is 11.8 Å². The number of thioether (sulfide) groups is 1. The Bertz CT molecular complexity index is 458. The molecule has 19 heavy (non-hydrogen) atoms. The van der Waals surface area contributed by atoms with Gasteiger partial charge < -0.3 is 10.1 Å². The van der Waals surface area contributed by atoms with Gasteiger partial charge in [-0.1, -0.05) is 13.8 Å². The minimum absolute atomic E-state index is 0.0800. The average molecular weight is 279 g/mol. The summed E-state index contributed by atoms with van der Waals surface area (Å²) < 4.78 is 5.83. The maximum absolute atomic E-state index is 5.83. The fourth-order valence-electron chi connectivity index (χ4n) is 2.65. The number of hydrogen-bond donors (Lipinski definition) is 1. The summed E-state index contributed by atoms with van der Waals surface area (Å²) in [6.07, 6.45) is 1.08. The van der Waals surface area contributed by atoms with Crippen LogP contribution in [0.15, 0.2) is 0 Å². The van der Waals surface area contributed by atoms with Gasteiger partial charge in [-0.05, 0) is 5.92 Å². The van der Waals surface area contributed by atoms with Crippen LogP contribution in [-0.2, 0) is 17.7 Å². The van der Waals surface area contributed by atoms with Gasteiger partial charge in [0, 0.05) is 36.6 Å². The number of nitrogens with zero attached hydrogens (tertiary/aromatic N) is 2. The molecule has 0 spiro atoms. The summed E-state index contributed by atoms with van der Waals surface area (Å²) in [5.41, 5.74) is 3.74. The maximum Gasteiger partial charge on any atom is 0.158 e. The van der Waals surface area contributed by atoms with Crippen molar-refractivity contribution < 1.29 is 4.74 Å². The van der Waals surface area contributed by atoms with E-state index < -0.39 is 0 Å². The summed E-state index contributed by atoms with van der Waals surface area (Å²) in [4.78, 5) is 9.61. The molecule has 0 amide bonds. The second-order valence-corrected chi connectivity index (χ2v) is 6.56. The standard InChI is InChI=1S/C14H21N3OS/c1-9(2)13-10-7-15-4-3-11(10)16-14(17-13)12-8-19-6-5-18-12/h9,12,15H,3-8H2,1-2H3. The zero-order valence-electron chi connectivity index (χ0n) is 11.6. The Morgan fingerprint density at radius 3 is 3.00 bits per heavy atom. The molecule has 3 heterocycles. The van der Waals surface area contributed by atoms with Crippen LogP contribution >= 0.6 is 11.8 Å². The first-order chi connectivity index (χ1) is 9.25. The molecule has 0 radical (unpaired) electrons. The van der Waals surface area contributed by atoms with Crippen molar-refractivity contribution in [3.05, 3.63) is 22.8 Å². The van der Waals surface area contributed by atoms with Crippen LogP contribution < -0.4 is 5.32 Å². The minimum Gasteiger partial charge on any atom is -0.368 e. The molecule has 104 valence electrons. The van der Waals surface area contributed by atoms with Crippen LogP contribution in [0.3, 0.4) is 0 Å². The summed E-state index contributed by atoms with van der Waals surface area (Å²) in [7, 11) is 0. The predicted molar refractivity (Wildman–Crippen MR) is 77.5 cm³/mol. The van der Waals surface area contributed by atoms with E-state index in [0.29, 0.717) is 5.92 Å². The second kappa shape index (κ2) is 5.77. The van der Waals surface area contributed by atoms with E-state index in [0.717, 1.165) is 43.4 Å². The van der Waals surface area contributed by atoms with Gasteiger partial charge in [-0.15, -0.1) is 0 Å². The van der Waals surface area contributed by atoms with Gasteiger partial charge in [0.2, 0.25) is 0 Å². The fourth-order valence-corrected chi connectivity index (χ4v) is 3.49. The largest absolute Gasteiger partial charge is 0.368 e. The van der Waals surface area contributed by atoms with E-state index in [9.17, 15) is 0 Å². The molecule has 1 aromatic heterocycles. The van der Waals surface area contributed by atoms with E-state index in [4.69, 9.17) is 14.7 Å². The van der Waals surface area contributed by atoms with Crippen LogP contribution in [0.4, 0.5) is 0 Å². The SMILES string of the molecule is CC(C)c1nc(C2CSCCO2)nc2c1CNCC2. The molecule has 1 atom stereocenters. The average Bonchev–Trinajstić information content (AvgIpc) is 2.47. The lowest BCUT2D eigenvalue weighted by Crippen LogP contribution is -2.29. The molecule has 3 rings (SSSR count). The molecule has 2 aliphatic rings. The summed E-state index contributed by atoms with van der Waals surface area (Å²) in [6.45, 7) is 7.15. The number of rotatable bonds is 2. The summed E-state index contributed by atoms with van der Waals surface area (Å²) in [6, 6.07) is 0. The van der Waals surface area contributed by atoms with Gasteiger partial charge in [0.05, 0.1) is 18.0 Å². The van der Waals surface area contributed by atoms with E-state index in [-0.39, 0.29) is 6.10 Å². The summed E-state index contributed by atoms with van der Waals surface area (Å²) in [5, 5.41) is 3.42. The highest BCUT2D eigenvalue weighted by molar-refractivity contribution is 7.99. The number of ether oxygens (including phenoxy) is 1. The number of aromatic nitrogens is 2. The Morgan fingerprint density at radius 2 is 2.26 bits per heavy atom. The van der Waals surface area contributed by atoms with Crippen LogP contribution in [0.1, 0.15) is 48.6 Å². The molecule has 0 bridgehead atoms. The van der Waals surface area contributed by atoms with Gasteiger partial charge in [0.1, 0.15) is 6.10 Å². The van der Waals surface area contributed by atoms with Crippen molar-refractivity contribution in [1.29, 1.82) is 0 Å². The highest BCUT2D eigenvalue weighted by Gasteiger charge is 2.24. The quantitative estimate of drug-likeness (QED) is 0.898. The van der Waals surface area contributed by atoms with Crippen LogP contribution in [0.2, 0.25) is 0 Å². The lowest BCUT2D eigenvalue weighted by atomic mass is 9.98. The molecular weight excluding hydrogens is 258 g/mol. The van der Waals surface area contributed by atoms with Crippen LogP contribution in [0.25, 0.3) is 0 Å². The lowest BCUT2D eigenvalue weighted by molar-refractivity contribution is 0.0689. The van der Waals surface area contributed by atoms with Gasteiger partial charge in [-0.3, -0.25) is 0 Å². The highest BCUT2D eigenvalue weighted by Crippen LogP contribution is 2.28. The smallest absolute Gasteiger partial charge is 0.158 e. The molecule has 4 nitrogen and oxygen atoms in total. The van der Waals surface area contributed by atoms with E-state index in [1.54, 1.807) is 0 Å². The molecule has 1 unspecified atom stereocenters. The maximum atomic E-state index is 5.83. The minimum atomic E-state index is 0.0800. The topological polar surface area (TPSA) is 47.0 Å². The van der Waals surface area contributed by atoms with Gasteiger partial charge in [0.25, 0.3) is 0 Å². The van der Waals surface area contributed by atoms with Gasteiger partial charge >= 0.3 is 0 Å². The normalized spacial score (nSPS) is 23.4. The monoisotopic (exact) mass is 279 g/mol. The van der Waals surface area contributed by atoms with Crippen molar-refractivity contribution in [3.63, 3.8) is 0 Å². The van der Waals surface area contributed by atoms with E-state index >= 15 is 0 Å². The molecule has 5 heteroatoms. The second-order valence-electron chi connectivity index (χ2n) is 5.41. The molecule has 1 N–H and O–H groups in total. The van der Waals surface area contributed by atoms with Crippen molar-refractivity contribution in [1.82, 2.24) is 15.3 Å². The van der Waals surface area contributed by atoms with Crippen molar-refractivity contribution in [2.45, 2.75) is 38.8 Å². The van der Waals surface area contributed by atoms with Crippen LogP contribution in [0, 0.1) is 0 Å². The molecular formula is C14H21N3OS. The first kappa shape index (κ1) is 13.3. The third kappa shape index (κ3) is 2.78. The van der Waals surface area contributed by atoms with Gasteiger partial charge in [-0.2, -0.15) is 11.8 Å².